The van der Waals surface area contributed by atoms with Crippen LogP contribution in [0.5, 0.6) is 0 Å². The molecule has 0 spiro atoms. The number of hydrogen-bond donors (Lipinski definition) is 1. The van der Waals surface area contributed by atoms with Crippen molar-refractivity contribution in [1.29, 1.82) is 0 Å². The molecule has 3 unspecified atom stereocenters. The number of halogens is 1. The van der Waals surface area contributed by atoms with E-state index in [2.05, 4.69) is 50.0 Å². The van der Waals surface area contributed by atoms with Gasteiger partial charge in [0, 0.05) is 49.2 Å². The van der Waals surface area contributed by atoms with Crippen molar-refractivity contribution in [2.45, 2.75) is 5.41 Å². The lowest BCUT2D eigenvalue weighted by molar-refractivity contribution is -0.00239. The summed E-state index contributed by atoms with van der Waals surface area (Å²) in [4.78, 5) is 5.34. The van der Waals surface area contributed by atoms with Gasteiger partial charge in [0.05, 0.1) is 0 Å². The standard InChI is InChI=1S/C16H22BrN3/c17-14-3-1-2-13(6-14)16-10-19-4-5-20(11-16)9-12(8-19)15(16)7-18/h1-3,6,12,15H,4-5,7-11,18H2. The fraction of sp³-hybridized carbons (Fsp3) is 0.625. The van der Waals surface area contributed by atoms with Crippen molar-refractivity contribution < 1.29 is 0 Å². The van der Waals surface area contributed by atoms with Gasteiger partial charge < -0.3 is 15.5 Å². The summed E-state index contributed by atoms with van der Waals surface area (Å²) in [5.74, 6) is 1.37. The second-order valence-electron chi connectivity index (χ2n) is 6.74. The molecule has 4 aliphatic rings. The molecule has 0 saturated carbocycles. The van der Waals surface area contributed by atoms with Crippen LogP contribution in [0.2, 0.25) is 0 Å². The van der Waals surface area contributed by atoms with E-state index >= 15 is 0 Å². The van der Waals surface area contributed by atoms with Crippen LogP contribution in [-0.2, 0) is 5.41 Å². The number of nitrogens with zero attached hydrogens (tertiary/aromatic N) is 2. The normalized spacial score (nSPS) is 42.7. The van der Waals surface area contributed by atoms with Crippen LogP contribution in [0.3, 0.4) is 0 Å². The van der Waals surface area contributed by atoms with Crippen LogP contribution in [0.25, 0.3) is 0 Å². The monoisotopic (exact) mass is 335 g/mol. The molecule has 1 aromatic rings. The largest absolute Gasteiger partial charge is 0.330 e. The van der Waals surface area contributed by atoms with Crippen LogP contribution in [0, 0.1) is 11.8 Å². The highest BCUT2D eigenvalue weighted by atomic mass is 79.9. The summed E-state index contributed by atoms with van der Waals surface area (Å²) in [5, 5.41) is 0. The summed E-state index contributed by atoms with van der Waals surface area (Å²) >= 11 is 3.64. The second kappa shape index (κ2) is 4.80. The van der Waals surface area contributed by atoms with E-state index in [0.717, 1.165) is 12.5 Å². The Morgan fingerprint density at radius 3 is 2.50 bits per heavy atom. The number of piperidine rings is 2. The molecule has 3 atom stereocenters. The predicted molar refractivity (Wildman–Crippen MR) is 84.7 cm³/mol. The molecule has 4 heterocycles. The van der Waals surface area contributed by atoms with E-state index < -0.39 is 0 Å². The number of hydrogen-bond acceptors (Lipinski definition) is 3. The fourth-order valence-electron chi connectivity index (χ4n) is 4.87. The van der Waals surface area contributed by atoms with E-state index in [1.165, 1.54) is 49.3 Å². The molecular weight excluding hydrogens is 314 g/mol. The number of rotatable bonds is 2. The minimum atomic E-state index is 0.232. The summed E-state index contributed by atoms with van der Waals surface area (Å²) < 4.78 is 1.19. The zero-order valence-electron chi connectivity index (χ0n) is 11.8. The third-order valence-electron chi connectivity index (χ3n) is 5.66. The predicted octanol–water partition coefficient (Wildman–Crippen LogP) is 1.52. The highest BCUT2D eigenvalue weighted by Gasteiger charge is 2.54. The molecule has 1 aromatic carbocycles. The molecule has 0 amide bonds. The molecule has 4 heteroatoms. The highest BCUT2D eigenvalue weighted by Crippen LogP contribution is 2.47. The van der Waals surface area contributed by atoms with Crippen LogP contribution < -0.4 is 5.73 Å². The molecule has 20 heavy (non-hydrogen) atoms. The molecule has 4 bridgehead atoms. The molecule has 4 aliphatic heterocycles. The van der Waals surface area contributed by atoms with Gasteiger partial charge in [0.1, 0.15) is 0 Å². The molecule has 5 rings (SSSR count). The third-order valence-corrected chi connectivity index (χ3v) is 6.15. The van der Waals surface area contributed by atoms with Gasteiger partial charge >= 0.3 is 0 Å². The van der Waals surface area contributed by atoms with Gasteiger partial charge in [-0.1, -0.05) is 28.1 Å². The van der Waals surface area contributed by atoms with Gasteiger partial charge in [0.15, 0.2) is 0 Å². The summed E-state index contributed by atoms with van der Waals surface area (Å²) in [6.07, 6.45) is 0. The Morgan fingerprint density at radius 2 is 1.90 bits per heavy atom. The Bertz CT molecular complexity index is 502. The van der Waals surface area contributed by atoms with Gasteiger partial charge in [-0.3, -0.25) is 0 Å². The lowest BCUT2D eigenvalue weighted by Crippen LogP contribution is -2.64. The van der Waals surface area contributed by atoms with Gasteiger partial charge in [0.25, 0.3) is 0 Å². The van der Waals surface area contributed by atoms with Crippen molar-refractivity contribution >= 4 is 15.9 Å². The van der Waals surface area contributed by atoms with Crippen LogP contribution in [0.4, 0.5) is 0 Å². The summed E-state index contributed by atoms with van der Waals surface area (Å²) in [5.41, 5.74) is 7.92. The summed E-state index contributed by atoms with van der Waals surface area (Å²) in [7, 11) is 0. The highest BCUT2D eigenvalue weighted by molar-refractivity contribution is 9.10. The number of nitrogens with two attached hydrogens (primary N) is 1. The number of fused-ring (bicyclic) bond motifs is 1. The van der Waals surface area contributed by atoms with E-state index in [4.69, 9.17) is 5.73 Å². The van der Waals surface area contributed by atoms with Gasteiger partial charge in [0.2, 0.25) is 0 Å². The van der Waals surface area contributed by atoms with Crippen molar-refractivity contribution in [1.82, 2.24) is 9.80 Å². The van der Waals surface area contributed by atoms with Crippen LogP contribution in [0.15, 0.2) is 28.7 Å². The molecule has 108 valence electrons. The van der Waals surface area contributed by atoms with Crippen LogP contribution in [-0.4, -0.2) is 55.6 Å². The molecule has 0 aromatic heterocycles. The topological polar surface area (TPSA) is 32.5 Å². The molecule has 3 nitrogen and oxygen atoms in total. The Kier molecular flexibility index (Phi) is 3.18. The Morgan fingerprint density at radius 1 is 1.20 bits per heavy atom. The second-order valence-corrected chi connectivity index (χ2v) is 7.65. The van der Waals surface area contributed by atoms with Crippen molar-refractivity contribution in [2.75, 3.05) is 45.8 Å². The Labute approximate surface area is 129 Å². The molecular formula is C16H22BrN3. The fourth-order valence-corrected chi connectivity index (χ4v) is 5.27. The van der Waals surface area contributed by atoms with E-state index in [-0.39, 0.29) is 5.41 Å². The molecule has 4 saturated heterocycles. The first-order chi connectivity index (χ1) is 9.71. The lowest BCUT2D eigenvalue weighted by atomic mass is 9.60. The van der Waals surface area contributed by atoms with E-state index in [0.29, 0.717) is 5.92 Å². The molecule has 0 radical (unpaired) electrons. The SMILES string of the molecule is NCC1C2CN3CCN(C2)CC1(c1cccc(Br)c1)C3. The quantitative estimate of drug-likeness (QED) is 0.889. The average molecular weight is 336 g/mol. The van der Waals surface area contributed by atoms with Crippen LogP contribution in [0.1, 0.15) is 5.56 Å². The van der Waals surface area contributed by atoms with Crippen molar-refractivity contribution in [3.63, 3.8) is 0 Å². The zero-order valence-corrected chi connectivity index (χ0v) is 13.3. The average Bonchev–Trinajstić information content (AvgIpc) is 2.67. The van der Waals surface area contributed by atoms with Crippen molar-refractivity contribution in [2.24, 2.45) is 17.6 Å². The first kappa shape index (κ1) is 13.3. The summed E-state index contributed by atoms with van der Waals surface area (Å²) in [6.45, 7) is 8.12. The zero-order chi connectivity index (χ0) is 13.7. The number of benzene rings is 1. The Balaban J connectivity index is 1.84. The smallest absolute Gasteiger partial charge is 0.0251 e. The maximum absolute atomic E-state index is 6.22. The van der Waals surface area contributed by atoms with E-state index in [1.54, 1.807) is 0 Å². The first-order valence-corrected chi connectivity index (χ1v) is 8.41. The van der Waals surface area contributed by atoms with Crippen molar-refractivity contribution in [3.8, 4) is 0 Å². The van der Waals surface area contributed by atoms with E-state index in [1.807, 2.05) is 0 Å². The Hall–Kier alpha value is -0.420. The van der Waals surface area contributed by atoms with E-state index in [9.17, 15) is 0 Å². The minimum absolute atomic E-state index is 0.232. The summed E-state index contributed by atoms with van der Waals surface area (Å²) in [6, 6.07) is 8.92. The third kappa shape index (κ3) is 1.89. The van der Waals surface area contributed by atoms with Crippen LogP contribution >= 0.6 is 15.9 Å². The first-order valence-electron chi connectivity index (χ1n) is 7.62. The van der Waals surface area contributed by atoms with Gasteiger partial charge in [-0.25, -0.2) is 0 Å². The minimum Gasteiger partial charge on any atom is -0.330 e. The van der Waals surface area contributed by atoms with Gasteiger partial charge in [-0.05, 0) is 36.1 Å². The van der Waals surface area contributed by atoms with Gasteiger partial charge in [-0.2, -0.15) is 0 Å². The molecule has 0 aliphatic carbocycles. The molecule has 2 N–H and O–H groups in total. The lowest BCUT2D eigenvalue weighted by Gasteiger charge is -2.55. The maximum atomic E-state index is 6.22. The van der Waals surface area contributed by atoms with Crippen molar-refractivity contribution in [3.05, 3.63) is 34.3 Å². The maximum Gasteiger partial charge on any atom is 0.0251 e. The van der Waals surface area contributed by atoms with Gasteiger partial charge in [-0.15, -0.1) is 0 Å². The molecule has 4 fully saturated rings.